The first kappa shape index (κ1) is 18.5. The summed E-state index contributed by atoms with van der Waals surface area (Å²) in [5.74, 6) is -9.26. The molecular weight excluding hydrogens is 333 g/mol. The van der Waals surface area contributed by atoms with Crippen molar-refractivity contribution in [1.29, 1.82) is 0 Å². The van der Waals surface area contributed by atoms with Gasteiger partial charge in [0, 0.05) is 12.3 Å². The van der Waals surface area contributed by atoms with E-state index >= 15 is 0 Å². The van der Waals surface area contributed by atoms with Crippen molar-refractivity contribution in [3.8, 4) is 11.5 Å². The Morgan fingerprint density at radius 1 is 1.30 bits per heavy atom. The fourth-order valence-electron chi connectivity index (χ4n) is 1.21. The lowest BCUT2D eigenvalue weighted by molar-refractivity contribution is -0.290. The van der Waals surface area contributed by atoms with Gasteiger partial charge in [0.05, 0.1) is 6.54 Å². The number of hydrogen-bond acceptors (Lipinski definition) is 6. The summed E-state index contributed by atoms with van der Waals surface area (Å²) in [6.45, 7) is -2.67. The van der Waals surface area contributed by atoms with Crippen molar-refractivity contribution in [2.24, 2.45) is 5.73 Å². The van der Waals surface area contributed by atoms with E-state index in [0.29, 0.717) is 0 Å². The van der Waals surface area contributed by atoms with Crippen LogP contribution in [0.1, 0.15) is 10.5 Å². The van der Waals surface area contributed by atoms with Gasteiger partial charge in [0.2, 0.25) is 5.91 Å². The Kier molecular flexibility index (Phi) is 5.42. The highest BCUT2D eigenvalue weighted by molar-refractivity contribution is 6.05. The van der Waals surface area contributed by atoms with Gasteiger partial charge in [0.1, 0.15) is 0 Å². The highest BCUT2D eigenvalue weighted by Crippen LogP contribution is 2.37. The fourth-order valence-corrected chi connectivity index (χ4v) is 1.21. The Balaban J connectivity index is 2.93. The maximum absolute atomic E-state index is 12.7. The summed E-state index contributed by atoms with van der Waals surface area (Å²) in [4.78, 5) is 25.9. The van der Waals surface area contributed by atoms with Gasteiger partial charge in [-0.1, -0.05) is 0 Å². The number of nitrogens with one attached hydrogen (secondary N) is 1. The summed E-state index contributed by atoms with van der Waals surface area (Å²) in [7, 11) is 0. The first-order valence-corrected chi connectivity index (χ1v) is 5.79. The maximum atomic E-state index is 12.7. The molecular formula is C11H10F5N3O4. The van der Waals surface area contributed by atoms with E-state index in [1.54, 1.807) is 5.32 Å². The zero-order valence-corrected chi connectivity index (χ0v) is 11.2. The third-order valence-electron chi connectivity index (χ3n) is 2.36. The number of carbonyl (C=O) groups excluding carboxylic acids is 2. The quantitative estimate of drug-likeness (QED) is 0.674. The van der Waals surface area contributed by atoms with E-state index in [4.69, 9.17) is 5.73 Å². The van der Waals surface area contributed by atoms with E-state index in [9.17, 15) is 36.6 Å². The topological polar surface area (TPSA) is 115 Å². The van der Waals surface area contributed by atoms with Gasteiger partial charge in [0.25, 0.3) is 5.91 Å². The molecule has 4 N–H and O–H groups in total. The Labute approximate surface area is 125 Å². The molecule has 0 aliphatic heterocycles. The van der Waals surface area contributed by atoms with Gasteiger partial charge in [-0.05, 0) is 0 Å². The molecule has 1 rings (SSSR count). The van der Waals surface area contributed by atoms with Crippen LogP contribution in [0.4, 0.5) is 22.0 Å². The van der Waals surface area contributed by atoms with Gasteiger partial charge in [-0.2, -0.15) is 22.0 Å². The maximum Gasteiger partial charge on any atom is 0.456 e. The number of imide groups is 1. The molecule has 0 aliphatic carbocycles. The van der Waals surface area contributed by atoms with Crippen LogP contribution < -0.4 is 15.8 Å². The lowest BCUT2D eigenvalue weighted by atomic mass is 10.2. The standard InChI is InChI=1S/C11H10F5N3O4/c12-10(13,11(14,15)16)4-23-5-1-2-18-7(8(5)21)9(22)19-6(20)3-17/h1-2,21H,3-4,17H2,(H,19,20,22). The molecule has 1 aromatic heterocycles. The smallest absolute Gasteiger partial charge is 0.456 e. The molecule has 0 spiro atoms. The van der Waals surface area contributed by atoms with Gasteiger partial charge in [-0.15, -0.1) is 0 Å². The highest BCUT2D eigenvalue weighted by Gasteiger charge is 2.58. The number of hydrogen-bond donors (Lipinski definition) is 3. The minimum absolute atomic E-state index is 0.555. The van der Waals surface area contributed by atoms with Crippen molar-refractivity contribution in [2.75, 3.05) is 13.2 Å². The Hall–Kier alpha value is -2.50. The lowest BCUT2D eigenvalue weighted by Crippen LogP contribution is -2.41. The zero-order chi connectivity index (χ0) is 17.8. The summed E-state index contributed by atoms with van der Waals surface area (Å²) in [6.07, 6.45) is -5.04. The molecule has 23 heavy (non-hydrogen) atoms. The second kappa shape index (κ2) is 6.73. The molecule has 0 radical (unpaired) electrons. The first-order valence-electron chi connectivity index (χ1n) is 5.79. The number of pyridine rings is 1. The highest BCUT2D eigenvalue weighted by atomic mass is 19.4. The molecule has 0 fully saturated rings. The Morgan fingerprint density at radius 3 is 2.43 bits per heavy atom. The van der Waals surface area contributed by atoms with Crippen LogP contribution in [0.3, 0.4) is 0 Å². The normalized spacial score (nSPS) is 11.9. The minimum atomic E-state index is -5.84. The van der Waals surface area contributed by atoms with Crippen LogP contribution in [0, 0.1) is 0 Å². The molecule has 2 amide bonds. The predicted molar refractivity (Wildman–Crippen MR) is 63.9 cm³/mol. The van der Waals surface area contributed by atoms with Gasteiger partial charge < -0.3 is 15.6 Å². The lowest BCUT2D eigenvalue weighted by Gasteiger charge is -2.20. The summed E-state index contributed by atoms with van der Waals surface area (Å²) in [6, 6.07) is 0.767. The fraction of sp³-hybridized carbons (Fsp3) is 0.364. The van der Waals surface area contributed by atoms with Gasteiger partial charge in [-0.3, -0.25) is 14.9 Å². The van der Waals surface area contributed by atoms with Crippen LogP contribution in [0.25, 0.3) is 0 Å². The summed E-state index contributed by atoms with van der Waals surface area (Å²) in [5.41, 5.74) is 4.14. The van der Waals surface area contributed by atoms with Crippen molar-refractivity contribution < 1.29 is 41.4 Å². The number of halogens is 5. The minimum Gasteiger partial charge on any atom is -0.503 e. The van der Waals surface area contributed by atoms with Crippen molar-refractivity contribution in [3.05, 3.63) is 18.0 Å². The van der Waals surface area contributed by atoms with Gasteiger partial charge in [0.15, 0.2) is 23.8 Å². The second-order valence-electron chi connectivity index (χ2n) is 4.08. The average Bonchev–Trinajstić information content (AvgIpc) is 2.44. The molecule has 0 aliphatic rings. The summed E-state index contributed by atoms with van der Waals surface area (Å²) in [5, 5.41) is 11.3. The molecule has 128 valence electrons. The van der Waals surface area contributed by atoms with Crippen LogP contribution in [0.15, 0.2) is 12.3 Å². The van der Waals surface area contributed by atoms with E-state index in [1.807, 2.05) is 0 Å². The molecule has 0 bridgehead atoms. The summed E-state index contributed by atoms with van der Waals surface area (Å²) >= 11 is 0. The summed E-state index contributed by atoms with van der Waals surface area (Å²) < 4.78 is 65.7. The number of ether oxygens (including phenoxy) is 1. The third kappa shape index (κ3) is 4.48. The third-order valence-corrected chi connectivity index (χ3v) is 2.36. The molecule has 1 aromatic rings. The van der Waals surface area contributed by atoms with Gasteiger partial charge >= 0.3 is 12.1 Å². The molecule has 0 saturated carbocycles. The number of amides is 2. The molecule has 1 heterocycles. The Bertz CT molecular complexity index is 606. The van der Waals surface area contributed by atoms with E-state index in [0.717, 1.165) is 12.3 Å². The predicted octanol–water partition coefficient (Wildman–Crippen LogP) is 0.579. The van der Waals surface area contributed by atoms with Crippen molar-refractivity contribution >= 4 is 11.8 Å². The number of nitrogens with two attached hydrogens (primary N) is 1. The number of aromatic hydroxyl groups is 1. The van der Waals surface area contributed by atoms with E-state index in [2.05, 4.69) is 9.72 Å². The van der Waals surface area contributed by atoms with Crippen LogP contribution in [0.2, 0.25) is 0 Å². The number of alkyl halides is 5. The molecule has 0 atom stereocenters. The van der Waals surface area contributed by atoms with Crippen LogP contribution in [-0.2, 0) is 4.79 Å². The van der Waals surface area contributed by atoms with Crippen LogP contribution in [0.5, 0.6) is 11.5 Å². The van der Waals surface area contributed by atoms with Crippen molar-refractivity contribution in [3.63, 3.8) is 0 Å². The van der Waals surface area contributed by atoms with Crippen LogP contribution in [-0.4, -0.2) is 47.2 Å². The number of aromatic nitrogens is 1. The SMILES string of the molecule is NCC(=O)NC(=O)c1nccc(OCC(F)(F)C(F)(F)F)c1O. The average molecular weight is 343 g/mol. The van der Waals surface area contributed by atoms with Crippen molar-refractivity contribution in [1.82, 2.24) is 10.3 Å². The molecule has 0 aromatic carbocycles. The monoisotopic (exact) mass is 343 g/mol. The number of nitrogens with zero attached hydrogens (tertiary/aromatic N) is 1. The van der Waals surface area contributed by atoms with E-state index in [-0.39, 0.29) is 0 Å². The largest absolute Gasteiger partial charge is 0.503 e. The molecule has 7 nitrogen and oxygen atoms in total. The van der Waals surface area contributed by atoms with Gasteiger partial charge in [-0.25, -0.2) is 4.98 Å². The molecule has 0 unspecified atom stereocenters. The zero-order valence-electron chi connectivity index (χ0n) is 11.2. The van der Waals surface area contributed by atoms with E-state index < -0.39 is 54.3 Å². The van der Waals surface area contributed by atoms with E-state index in [1.165, 1.54) is 0 Å². The van der Waals surface area contributed by atoms with Crippen molar-refractivity contribution in [2.45, 2.75) is 12.1 Å². The molecule has 0 saturated heterocycles. The second-order valence-corrected chi connectivity index (χ2v) is 4.08. The number of carbonyl (C=O) groups is 2. The van der Waals surface area contributed by atoms with Crippen LogP contribution >= 0.6 is 0 Å². The number of rotatable bonds is 5. The first-order chi connectivity index (χ1) is 10.5. The Morgan fingerprint density at radius 2 is 1.91 bits per heavy atom. The molecule has 12 heteroatoms.